The summed E-state index contributed by atoms with van der Waals surface area (Å²) in [6, 6.07) is 17.3. The molecule has 0 aliphatic carbocycles. The number of methoxy groups -OCH3 is 1. The van der Waals surface area contributed by atoms with E-state index in [4.69, 9.17) is 25.8 Å². The first-order valence-corrected chi connectivity index (χ1v) is 12.8. The molecule has 0 bridgehead atoms. The predicted molar refractivity (Wildman–Crippen MR) is 145 cm³/mol. The molecular weight excluding hydrogens is 496 g/mol. The van der Waals surface area contributed by atoms with E-state index in [0.717, 1.165) is 27.9 Å². The Labute approximate surface area is 217 Å². The number of ether oxygens (including phenoxy) is 3. The standard InChI is InChI=1S/C28H25ClN2O4S/c1-17-9-10-23(18(2)13-17)34-11-6-12-35-26-20(29)14-19(15-24(26)33-3)16-25-27(32)31-22-8-5-4-7-21(22)30-28(31)36-25/h4-5,7-10,13-16H,6,11-12H2,1-3H3. The number of aryl methyl sites for hydroxylation is 2. The van der Waals surface area contributed by atoms with Crippen LogP contribution in [0, 0.1) is 13.8 Å². The monoisotopic (exact) mass is 520 g/mol. The number of imidazole rings is 1. The number of hydrogen-bond donors (Lipinski definition) is 0. The number of rotatable bonds is 8. The van der Waals surface area contributed by atoms with Crippen molar-refractivity contribution in [3.8, 4) is 17.2 Å². The third kappa shape index (κ3) is 4.76. The number of benzene rings is 3. The largest absolute Gasteiger partial charge is 0.493 e. The van der Waals surface area contributed by atoms with Crippen molar-refractivity contribution in [1.29, 1.82) is 0 Å². The van der Waals surface area contributed by atoms with Crippen LogP contribution in [0.3, 0.4) is 0 Å². The molecule has 184 valence electrons. The molecule has 0 aliphatic heterocycles. The van der Waals surface area contributed by atoms with E-state index in [1.165, 1.54) is 16.9 Å². The SMILES string of the molecule is COc1cc(C=c2sc3nc4ccccc4n3c2=O)cc(Cl)c1OCCCOc1ccc(C)cc1C. The topological polar surface area (TPSA) is 62.1 Å². The van der Waals surface area contributed by atoms with Gasteiger partial charge in [0.15, 0.2) is 16.5 Å². The number of para-hydroxylation sites is 2. The van der Waals surface area contributed by atoms with Gasteiger partial charge in [-0.3, -0.25) is 4.79 Å². The first-order chi connectivity index (χ1) is 17.4. The lowest BCUT2D eigenvalue weighted by Crippen LogP contribution is -2.22. The second-order valence-corrected chi connectivity index (χ2v) is 9.90. The highest BCUT2D eigenvalue weighted by atomic mass is 35.5. The summed E-state index contributed by atoms with van der Waals surface area (Å²) in [7, 11) is 1.57. The van der Waals surface area contributed by atoms with Gasteiger partial charge in [-0.15, -0.1) is 0 Å². The van der Waals surface area contributed by atoms with Crippen molar-refractivity contribution in [2.45, 2.75) is 20.3 Å². The summed E-state index contributed by atoms with van der Waals surface area (Å²) >= 11 is 7.89. The minimum absolute atomic E-state index is 0.108. The molecule has 36 heavy (non-hydrogen) atoms. The summed E-state index contributed by atoms with van der Waals surface area (Å²) in [6.07, 6.45) is 2.48. The van der Waals surface area contributed by atoms with Gasteiger partial charge in [-0.25, -0.2) is 9.38 Å². The number of hydrogen-bond acceptors (Lipinski definition) is 6. The van der Waals surface area contributed by atoms with Crippen LogP contribution in [-0.2, 0) is 0 Å². The van der Waals surface area contributed by atoms with E-state index in [9.17, 15) is 4.79 Å². The lowest BCUT2D eigenvalue weighted by molar-refractivity contribution is 0.240. The fourth-order valence-electron chi connectivity index (χ4n) is 4.10. The van der Waals surface area contributed by atoms with Crippen LogP contribution in [0.1, 0.15) is 23.1 Å². The molecule has 6 nitrogen and oxygen atoms in total. The van der Waals surface area contributed by atoms with Crippen LogP contribution >= 0.6 is 22.9 Å². The number of fused-ring (bicyclic) bond motifs is 3. The van der Waals surface area contributed by atoms with Crippen LogP contribution in [0.4, 0.5) is 0 Å². The lowest BCUT2D eigenvalue weighted by Gasteiger charge is -2.14. The maximum Gasteiger partial charge on any atom is 0.274 e. The van der Waals surface area contributed by atoms with Crippen LogP contribution in [-0.4, -0.2) is 29.7 Å². The Morgan fingerprint density at radius 3 is 2.64 bits per heavy atom. The molecule has 0 spiro atoms. The van der Waals surface area contributed by atoms with Gasteiger partial charge in [-0.05, 0) is 61.4 Å². The van der Waals surface area contributed by atoms with E-state index >= 15 is 0 Å². The number of nitrogens with zero attached hydrogens (tertiary/aromatic N) is 2. The summed E-state index contributed by atoms with van der Waals surface area (Å²) in [5.74, 6) is 1.85. The third-order valence-electron chi connectivity index (χ3n) is 5.82. The van der Waals surface area contributed by atoms with Crippen LogP contribution in [0.15, 0.2) is 59.4 Å². The van der Waals surface area contributed by atoms with Gasteiger partial charge in [0.25, 0.3) is 5.56 Å². The van der Waals surface area contributed by atoms with Crippen LogP contribution in [0.25, 0.3) is 22.1 Å². The highest BCUT2D eigenvalue weighted by Gasteiger charge is 2.14. The Morgan fingerprint density at radius 2 is 1.83 bits per heavy atom. The van der Waals surface area contributed by atoms with E-state index in [2.05, 4.69) is 18.0 Å². The summed E-state index contributed by atoms with van der Waals surface area (Å²) in [5.41, 5.74) is 4.56. The molecule has 0 aliphatic rings. The maximum atomic E-state index is 13.1. The van der Waals surface area contributed by atoms with E-state index < -0.39 is 0 Å². The highest BCUT2D eigenvalue weighted by molar-refractivity contribution is 7.15. The van der Waals surface area contributed by atoms with Gasteiger partial charge in [-0.2, -0.15) is 0 Å². The second kappa shape index (κ2) is 10.2. The Balaban J connectivity index is 1.31. The molecule has 5 aromatic rings. The molecule has 5 rings (SSSR count). The summed E-state index contributed by atoms with van der Waals surface area (Å²) in [4.78, 5) is 18.3. The minimum atomic E-state index is -0.108. The zero-order valence-corrected chi connectivity index (χ0v) is 21.8. The van der Waals surface area contributed by atoms with Crippen LogP contribution < -0.4 is 24.3 Å². The minimum Gasteiger partial charge on any atom is -0.493 e. The zero-order valence-electron chi connectivity index (χ0n) is 20.2. The van der Waals surface area contributed by atoms with Crippen molar-refractivity contribution in [2.24, 2.45) is 0 Å². The van der Waals surface area contributed by atoms with Gasteiger partial charge in [0.05, 0.1) is 40.9 Å². The first kappa shape index (κ1) is 24.2. The number of thiazole rings is 1. The van der Waals surface area contributed by atoms with Gasteiger partial charge in [-0.1, -0.05) is 52.8 Å². The number of aromatic nitrogens is 2. The van der Waals surface area contributed by atoms with Gasteiger partial charge >= 0.3 is 0 Å². The lowest BCUT2D eigenvalue weighted by atomic mass is 10.1. The average Bonchev–Trinajstić information content (AvgIpc) is 3.36. The highest BCUT2D eigenvalue weighted by Crippen LogP contribution is 2.36. The fourth-order valence-corrected chi connectivity index (χ4v) is 5.36. The third-order valence-corrected chi connectivity index (χ3v) is 7.07. The molecule has 0 fully saturated rings. The quantitative estimate of drug-likeness (QED) is 0.250. The van der Waals surface area contributed by atoms with Crippen molar-refractivity contribution < 1.29 is 14.2 Å². The first-order valence-electron chi connectivity index (χ1n) is 11.6. The molecule has 0 amide bonds. The molecule has 0 N–H and O–H groups in total. The summed E-state index contributed by atoms with van der Waals surface area (Å²) in [6.45, 7) is 5.04. The van der Waals surface area contributed by atoms with Crippen LogP contribution in [0.2, 0.25) is 5.02 Å². The van der Waals surface area contributed by atoms with Gasteiger partial charge in [0.2, 0.25) is 0 Å². The predicted octanol–water partition coefficient (Wildman–Crippen LogP) is 5.58. The Bertz CT molecular complexity index is 1680. The molecule has 0 saturated carbocycles. The Kier molecular flexibility index (Phi) is 6.85. The van der Waals surface area contributed by atoms with E-state index in [1.54, 1.807) is 23.7 Å². The van der Waals surface area contributed by atoms with Crippen molar-refractivity contribution in [3.05, 3.63) is 91.2 Å². The van der Waals surface area contributed by atoms with E-state index in [0.29, 0.717) is 45.6 Å². The molecule has 3 aromatic carbocycles. The van der Waals surface area contributed by atoms with Crippen molar-refractivity contribution in [2.75, 3.05) is 20.3 Å². The Morgan fingerprint density at radius 1 is 1.03 bits per heavy atom. The van der Waals surface area contributed by atoms with Gasteiger partial charge < -0.3 is 14.2 Å². The van der Waals surface area contributed by atoms with E-state index in [-0.39, 0.29) is 5.56 Å². The molecule has 2 aromatic heterocycles. The fraction of sp³-hybridized carbons (Fsp3) is 0.214. The molecule has 8 heteroatoms. The average molecular weight is 521 g/mol. The zero-order chi connectivity index (χ0) is 25.2. The molecule has 0 radical (unpaired) electrons. The molecule has 0 atom stereocenters. The Hall–Kier alpha value is -3.55. The normalized spacial score (nSPS) is 11.9. The van der Waals surface area contributed by atoms with Crippen LogP contribution in [0.5, 0.6) is 17.2 Å². The molecule has 0 saturated heterocycles. The van der Waals surface area contributed by atoms with Crippen molar-refractivity contribution in [1.82, 2.24) is 9.38 Å². The van der Waals surface area contributed by atoms with Gasteiger partial charge in [0, 0.05) is 6.42 Å². The number of halogens is 1. The molecule has 2 heterocycles. The van der Waals surface area contributed by atoms with E-state index in [1.807, 2.05) is 49.4 Å². The van der Waals surface area contributed by atoms with Crippen molar-refractivity contribution in [3.63, 3.8) is 0 Å². The summed E-state index contributed by atoms with van der Waals surface area (Å²) < 4.78 is 19.6. The van der Waals surface area contributed by atoms with Crippen molar-refractivity contribution >= 4 is 45.0 Å². The second-order valence-electron chi connectivity index (χ2n) is 8.49. The smallest absolute Gasteiger partial charge is 0.274 e. The summed E-state index contributed by atoms with van der Waals surface area (Å²) in [5, 5.41) is 0.412. The van der Waals surface area contributed by atoms with Gasteiger partial charge in [0.1, 0.15) is 5.75 Å². The molecule has 0 unspecified atom stereocenters. The maximum absolute atomic E-state index is 13.1. The molecular formula is C28H25ClN2O4S.